The molecule has 2 rings (SSSR count). The summed E-state index contributed by atoms with van der Waals surface area (Å²) >= 11 is 0. The Morgan fingerprint density at radius 2 is 2.10 bits per heavy atom. The van der Waals surface area contributed by atoms with Crippen LogP contribution in [0.4, 0.5) is 5.69 Å². The van der Waals surface area contributed by atoms with Gasteiger partial charge < -0.3 is 15.5 Å². The number of guanidine groups is 1. The van der Waals surface area contributed by atoms with Crippen LogP contribution in [0.3, 0.4) is 0 Å². The second-order valence-electron chi connectivity index (χ2n) is 4.74. The van der Waals surface area contributed by atoms with Crippen LogP contribution in [0.25, 0.3) is 0 Å². The molecule has 1 aliphatic heterocycles. The fourth-order valence-electron chi connectivity index (χ4n) is 2.33. The number of carbonyl (C=O) groups is 1. The van der Waals surface area contributed by atoms with E-state index in [0.29, 0.717) is 13.0 Å². The molecule has 5 heteroatoms. The first-order valence-corrected chi connectivity index (χ1v) is 7.14. The molecule has 1 amide bonds. The maximum Gasteiger partial charge on any atom is 0.229 e. The van der Waals surface area contributed by atoms with Crippen LogP contribution in [0.2, 0.25) is 0 Å². The Morgan fingerprint density at radius 1 is 1.35 bits per heavy atom. The van der Waals surface area contributed by atoms with Crippen molar-refractivity contribution < 1.29 is 4.79 Å². The van der Waals surface area contributed by atoms with Gasteiger partial charge in [-0.3, -0.25) is 9.79 Å². The molecule has 1 aromatic carbocycles. The molecule has 1 atom stereocenters. The summed E-state index contributed by atoms with van der Waals surface area (Å²) in [7, 11) is 0. The lowest BCUT2D eigenvalue weighted by molar-refractivity contribution is -0.117. The van der Waals surface area contributed by atoms with Crippen molar-refractivity contribution >= 4 is 17.6 Å². The van der Waals surface area contributed by atoms with Crippen LogP contribution in [0.15, 0.2) is 35.3 Å². The zero-order chi connectivity index (χ0) is 14.4. The molecule has 20 heavy (non-hydrogen) atoms. The molecule has 1 unspecified atom stereocenters. The van der Waals surface area contributed by atoms with E-state index < -0.39 is 0 Å². The molecule has 1 fully saturated rings. The molecule has 1 heterocycles. The van der Waals surface area contributed by atoms with Crippen LogP contribution in [-0.2, 0) is 4.79 Å². The number of benzene rings is 1. The van der Waals surface area contributed by atoms with Gasteiger partial charge in [-0.25, -0.2) is 0 Å². The van der Waals surface area contributed by atoms with Crippen molar-refractivity contribution in [3.63, 3.8) is 0 Å². The Bertz CT molecular complexity index is 472. The van der Waals surface area contributed by atoms with Gasteiger partial charge in [-0.15, -0.1) is 0 Å². The van der Waals surface area contributed by atoms with Crippen LogP contribution in [0.1, 0.15) is 20.3 Å². The van der Waals surface area contributed by atoms with E-state index in [1.807, 2.05) is 49.1 Å². The first-order valence-electron chi connectivity index (χ1n) is 7.14. The lowest BCUT2D eigenvalue weighted by Gasteiger charge is -2.18. The molecule has 0 spiro atoms. The van der Waals surface area contributed by atoms with E-state index in [2.05, 4.69) is 15.6 Å². The normalized spacial score (nSPS) is 19.3. The van der Waals surface area contributed by atoms with Gasteiger partial charge in [0.05, 0.1) is 6.04 Å². The molecular weight excluding hydrogens is 252 g/mol. The standard InChI is InChI=1S/C15H22N4O/c1-3-16-15(17-4-2)18-12-10-14(20)19(11-12)13-8-6-5-7-9-13/h5-9,12H,3-4,10-11H2,1-2H3,(H2,16,17,18). The Kier molecular flexibility index (Phi) is 4.98. The molecule has 0 radical (unpaired) electrons. The molecule has 2 N–H and O–H groups in total. The predicted molar refractivity (Wildman–Crippen MR) is 82.0 cm³/mol. The van der Waals surface area contributed by atoms with Gasteiger partial charge in [0.15, 0.2) is 5.96 Å². The summed E-state index contributed by atoms with van der Waals surface area (Å²) < 4.78 is 0. The lowest BCUT2D eigenvalue weighted by atomic mass is 10.2. The predicted octanol–water partition coefficient (Wildman–Crippen LogP) is 1.37. The van der Waals surface area contributed by atoms with Crippen LogP contribution in [0, 0.1) is 0 Å². The van der Waals surface area contributed by atoms with Gasteiger partial charge in [-0.2, -0.15) is 0 Å². The van der Waals surface area contributed by atoms with Gasteiger partial charge in [0.25, 0.3) is 0 Å². The Labute approximate surface area is 120 Å². The fourth-order valence-corrected chi connectivity index (χ4v) is 2.33. The second-order valence-corrected chi connectivity index (χ2v) is 4.74. The zero-order valence-electron chi connectivity index (χ0n) is 12.1. The number of amides is 1. The van der Waals surface area contributed by atoms with E-state index in [1.165, 1.54) is 0 Å². The smallest absolute Gasteiger partial charge is 0.229 e. The summed E-state index contributed by atoms with van der Waals surface area (Å²) in [5.41, 5.74) is 0.958. The number of anilines is 1. The van der Waals surface area contributed by atoms with Crippen molar-refractivity contribution in [1.82, 2.24) is 10.6 Å². The third-order valence-corrected chi connectivity index (χ3v) is 3.19. The molecule has 1 saturated heterocycles. The van der Waals surface area contributed by atoms with Crippen molar-refractivity contribution in [3.8, 4) is 0 Å². The number of hydrogen-bond donors (Lipinski definition) is 2. The van der Waals surface area contributed by atoms with Crippen LogP contribution in [0.5, 0.6) is 0 Å². The third kappa shape index (κ3) is 3.50. The maximum atomic E-state index is 12.1. The Balaban J connectivity index is 2.00. The lowest BCUT2D eigenvalue weighted by Crippen LogP contribution is -2.44. The highest BCUT2D eigenvalue weighted by Gasteiger charge is 2.30. The summed E-state index contributed by atoms with van der Waals surface area (Å²) in [6, 6.07) is 9.89. The highest BCUT2D eigenvalue weighted by molar-refractivity contribution is 5.97. The summed E-state index contributed by atoms with van der Waals surface area (Å²) in [5, 5.41) is 6.51. The van der Waals surface area contributed by atoms with Crippen molar-refractivity contribution in [2.45, 2.75) is 26.3 Å². The van der Waals surface area contributed by atoms with Crippen molar-refractivity contribution in [1.29, 1.82) is 0 Å². The van der Waals surface area contributed by atoms with Gasteiger partial charge in [-0.1, -0.05) is 18.2 Å². The first-order chi connectivity index (χ1) is 9.74. The SMILES string of the molecule is CCN=C(NCC)NC1CC(=O)N(c2ccccc2)C1. The quantitative estimate of drug-likeness (QED) is 0.644. The molecule has 1 aliphatic rings. The first kappa shape index (κ1) is 14.4. The number of para-hydroxylation sites is 1. The topological polar surface area (TPSA) is 56.7 Å². The zero-order valence-corrected chi connectivity index (χ0v) is 12.1. The number of nitrogens with zero attached hydrogens (tertiary/aromatic N) is 2. The van der Waals surface area contributed by atoms with Crippen LogP contribution in [-0.4, -0.2) is 37.5 Å². The van der Waals surface area contributed by atoms with E-state index in [0.717, 1.165) is 24.7 Å². The summed E-state index contributed by atoms with van der Waals surface area (Å²) in [4.78, 5) is 18.3. The van der Waals surface area contributed by atoms with Crippen LogP contribution < -0.4 is 15.5 Å². The number of aliphatic imine (C=N–C) groups is 1. The van der Waals surface area contributed by atoms with Crippen molar-refractivity contribution in [3.05, 3.63) is 30.3 Å². The van der Waals surface area contributed by atoms with Crippen LogP contribution >= 0.6 is 0 Å². The summed E-state index contributed by atoms with van der Waals surface area (Å²) in [5.74, 6) is 0.934. The Morgan fingerprint density at radius 3 is 2.75 bits per heavy atom. The second kappa shape index (κ2) is 6.93. The number of carbonyl (C=O) groups excluding carboxylic acids is 1. The average molecular weight is 274 g/mol. The van der Waals surface area contributed by atoms with Gasteiger partial charge in [-0.05, 0) is 26.0 Å². The minimum Gasteiger partial charge on any atom is -0.357 e. The number of rotatable bonds is 4. The molecular formula is C15H22N4O. The molecule has 108 valence electrons. The number of nitrogens with one attached hydrogen (secondary N) is 2. The van der Waals surface area contributed by atoms with E-state index in [-0.39, 0.29) is 11.9 Å². The fraction of sp³-hybridized carbons (Fsp3) is 0.467. The van der Waals surface area contributed by atoms with E-state index >= 15 is 0 Å². The third-order valence-electron chi connectivity index (χ3n) is 3.19. The molecule has 0 saturated carbocycles. The summed E-state index contributed by atoms with van der Waals surface area (Å²) in [6.45, 7) is 6.24. The largest absolute Gasteiger partial charge is 0.357 e. The van der Waals surface area contributed by atoms with E-state index in [9.17, 15) is 4.79 Å². The highest BCUT2D eigenvalue weighted by Crippen LogP contribution is 2.20. The van der Waals surface area contributed by atoms with Gasteiger partial charge in [0.2, 0.25) is 5.91 Å². The molecule has 0 aliphatic carbocycles. The van der Waals surface area contributed by atoms with Crippen molar-refractivity contribution in [2.24, 2.45) is 4.99 Å². The van der Waals surface area contributed by atoms with Gasteiger partial charge in [0, 0.05) is 31.7 Å². The van der Waals surface area contributed by atoms with E-state index in [4.69, 9.17) is 0 Å². The Hall–Kier alpha value is -2.04. The average Bonchev–Trinajstić information content (AvgIpc) is 2.81. The van der Waals surface area contributed by atoms with Gasteiger partial charge in [0.1, 0.15) is 0 Å². The summed E-state index contributed by atoms with van der Waals surface area (Å²) in [6.07, 6.45) is 0.503. The maximum absolute atomic E-state index is 12.1. The monoisotopic (exact) mass is 274 g/mol. The van der Waals surface area contributed by atoms with E-state index in [1.54, 1.807) is 0 Å². The molecule has 1 aromatic rings. The van der Waals surface area contributed by atoms with Crippen molar-refractivity contribution in [2.75, 3.05) is 24.5 Å². The minimum absolute atomic E-state index is 0.104. The molecule has 5 nitrogen and oxygen atoms in total. The highest BCUT2D eigenvalue weighted by atomic mass is 16.2. The van der Waals surface area contributed by atoms with Gasteiger partial charge >= 0.3 is 0 Å². The molecule has 0 bridgehead atoms. The molecule has 0 aromatic heterocycles. The minimum atomic E-state index is 0.104. The number of hydrogen-bond acceptors (Lipinski definition) is 2.